The van der Waals surface area contributed by atoms with Gasteiger partial charge in [0.1, 0.15) is 0 Å². The lowest BCUT2D eigenvalue weighted by Gasteiger charge is -2.04. The van der Waals surface area contributed by atoms with Crippen LogP contribution >= 0.6 is 11.6 Å². The average molecular weight is 210 g/mol. The fraction of sp³-hybridized carbons (Fsp3) is 0.182. The number of anilines is 1. The summed E-state index contributed by atoms with van der Waals surface area (Å²) in [4.78, 5) is 11.2. The van der Waals surface area contributed by atoms with Gasteiger partial charge in [-0.1, -0.05) is 18.7 Å². The molecule has 74 valence electrons. The Morgan fingerprint density at radius 2 is 2.00 bits per heavy atom. The largest absolute Gasteiger partial charge is 0.322 e. The Balaban J connectivity index is 2.69. The van der Waals surface area contributed by atoms with Crippen molar-refractivity contribution in [3.63, 3.8) is 0 Å². The lowest BCUT2D eigenvalue weighted by atomic mass is 10.2. The van der Waals surface area contributed by atoms with Crippen LogP contribution in [0.5, 0.6) is 0 Å². The minimum atomic E-state index is -0.163. The van der Waals surface area contributed by atoms with E-state index in [1.165, 1.54) is 0 Å². The molecule has 0 aromatic heterocycles. The summed E-state index contributed by atoms with van der Waals surface area (Å²) in [7, 11) is 0. The molecule has 0 saturated heterocycles. The third-order valence-electron chi connectivity index (χ3n) is 1.75. The summed E-state index contributed by atoms with van der Waals surface area (Å²) in [6.07, 6.45) is 0. The summed E-state index contributed by atoms with van der Waals surface area (Å²) >= 11 is 5.63. The molecular formula is C11H12ClNO. The Morgan fingerprint density at radius 1 is 1.43 bits per heavy atom. The van der Waals surface area contributed by atoms with Gasteiger partial charge in [-0.25, -0.2) is 0 Å². The van der Waals surface area contributed by atoms with Gasteiger partial charge in [-0.15, -0.1) is 11.6 Å². The maximum atomic E-state index is 11.2. The third kappa shape index (κ3) is 2.89. The zero-order chi connectivity index (χ0) is 10.6. The molecule has 1 aromatic carbocycles. The first-order valence-corrected chi connectivity index (χ1v) is 4.78. The number of alkyl halides is 1. The first kappa shape index (κ1) is 10.8. The van der Waals surface area contributed by atoms with Crippen LogP contribution in [-0.2, 0) is 10.7 Å². The highest BCUT2D eigenvalue weighted by Crippen LogP contribution is 2.11. The number of hydrogen-bond donors (Lipinski definition) is 1. The van der Waals surface area contributed by atoms with Gasteiger partial charge in [-0.3, -0.25) is 4.79 Å². The molecule has 3 heteroatoms. The van der Waals surface area contributed by atoms with E-state index < -0.39 is 0 Å². The summed E-state index contributed by atoms with van der Waals surface area (Å²) in [6, 6.07) is 7.39. The van der Waals surface area contributed by atoms with Gasteiger partial charge >= 0.3 is 0 Å². The van der Waals surface area contributed by atoms with Crippen molar-refractivity contribution in [2.24, 2.45) is 0 Å². The van der Waals surface area contributed by atoms with E-state index in [0.717, 1.165) is 11.3 Å². The SMILES string of the molecule is C=C(C)C(=O)Nc1ccc(CCl)cc1. The van der Waals surface area contributed by atoms with Gasteiger partial charge in [0.2, 0.25) is 0 Å². The lowest BCUT2D eigenvalue weighted by Crippen LogP contribution is -2.11. The van der Waals surface area contributed by atoms with E-state index in [4.69, 9.17) is 11.6 Å². The van der Waals surface area contributed by atoms with Crippen LogP contribution in [0.25, 0.3) is 0 Å². The highest BCUT2D eigenvalue weighted by molar-refractivity contribution is 6.17. The summed E-state index contributed by atoms with van der Waals surface area (Å²) in [5.74, 6) is 0.318. The molecule has 0 radical (unpaired) electrons. The molecule has 1 aromatic rings. The number of amides is 1. The van der Waals surface area contributed by atoms with Crippen molar-refractivity contribution in [1.29, 1.82) is 0 Å². The summed E-state index contributed by atoms with van der Waals surface area (Å²) in [6.45, 7) is 5.22. The van der Waals surface area contributed by atoms with Gasteiger partial charge < -0.3 is 5.32 Å². The van der Waals surface area contributed by atoms with Crippen molar-refractivity contribution in [2.75, 3.05) is 5.32 Å². The number of halogens is 1. The number of benzene rings is 1. The van der Waals surface area contributed by atoms with Crippen molar-refractivity contribution in [1.82, 2.24) is 0 Å². The van der Waals surface area contributed by atoms with E-state index in [1.807, 2.05) is 24.3 Å². The molecule has 0 bridgehead atoms. The van der Waals surface area contributed by atoms with Crippen molar-refractivity contribution >= 4 is 23.2 Å². The minimum absolute atomic E-state index is 0.163. The quantitative estimate of drug-likeness (QED) is 0.602. The molecule has 14 heavy (non-hydrogen) atoms. The third-order valence-corrected chi connectivity index (χ3v) is 2.06. The Kier molecular flexibility index (Phi) is 3.72. The van der Waals surface area contributed by atoms with Crippen LogP contribution in [0.4, 0.5) is 5.69 Å². The molecular weight excluding hydrogens is 198 g/mol. The normalized spacial score (nSPS) is 9.57. The standard InChI is InChI=1S/C11H12ClNO/c1-8(2)11(14)13-10-5-3-9(7-12)4-6-10/h3-6H,1,7H2,2H3,(H,13,14). The summed E-state index contributed by atoms with van der Waals surface area (Å²) < 4.78 is 0. The number of carbonyl (C=O) groups excluding carboxylic acids is 1. The number of nitrogens with one attached hydrogen (secondary N) is 1. The van der Waals surface area contributed by atoms with E-state index in [-0.39, 0.29) is 5.91 Å². The van der Waals surface area contributed by atoms with Gasteiger partial charge in [0.15, 0.2) is 0 Å². The fourth-order valence-corrected chi connectivity index (χ4v) is 1.09. The molecule has 1 amide bonds. The smallest absolute Gasteiger partial charge is 0.250 e. The number of hydrogen-bond acceptors (Lipinski definition) is 1. The van der Waals surface area contributed by atoms with E-state index in [9.17, 15) is 4.79 Å². The zero-order valence-corrected chi connectivity index (χ0v) is 8.77. The monoisotopic (exact) mass is 209 g/mol. The van der Waals surface area contributed by atoms with Crippen LogP contribution in [0, 0.1) is 0 Å². The lowest BCUT2D eigenvalue weighted by molar-refractivity contribution is -0.112. The van der Waals surface area contributed by atoms with Crippen molar-refractivity contribution in [2.45, 2.75) is 12.8 Å². The van der Waals surface area contributed by atoms with Gasteiger partial charge in [0, 0.05) is 17.1 Å². The molecule has 0 heterocycles. The first-order chi connectivity index (χ1) is 6.63. The molecule has 0 spiro atoms. The number of carbonyl (C=O) groups is 1. The van der Waals surface area contributed by atoms with Crippen LogP contribution in [-0.4, -0.2) is 5.91 Å². The maximum absolute atomic E-state index is 11.2. The topological polar surface area (TPSA) is 29.1 Å². The van der Waals surface area contributed by atoms with Crippen molar-refractivity contribution in [3.05, 3.63) is 42.0 Å². The van der Waals surface area contributed by atoms with Crippen molar-refractivity contribution < 1.29 is 4.79 Å². The summed E-state index contributed by atoms with van der Waals surface area (Å²) in [5, 5.41) is 2.71. The number of rotatable bonds is 3. The van der Waals surface area contributed by atoms with Crippen LogP contribution in [0.1, 0.15) is 12.5 Å². The second-order valence-electron chi connectivity index (χ2n) is 3.07. The highest BCUT2D eigenvalue weighted by Gasteiger charge is 2.01. The van der Waals surface area contributed by atoms with E-state index in [2.05, 4.69) is 11.9 Å². The molecule has 0 aliphatic rings. The average Bonchev–Trinajstić information content (AvgIpc) is 2.19. The van der Waals surface area contributed by atoms with Crippen LogP contribution < -0.4 is 5.32 Å². The van der Waals surface area contributed by atoms with E-state index in [1.54, 1.807) is 6.92 Å². The molecule has 0 atom stereocenters. The van der Waals surface area contributed by atoms with Gasteiger partial charge in [-0.2, -0.15) is 0 Å². The Labute approximate surface area is 88.6 Å². The molecule has 1 rings (SSSR count). The Hall–Kier alpha value is -1.28. The van der Waals surface area contributed by atoms with Gasteiger partial charge in [0.25, 0.3) is 5.91 Å². The highest BCUT2D eigenvalue weighted by atomic mass is 35.5. The van der Waals surface area contributed by atoms with Crippen LogP contribution in [0.15, 0.2) is 36.4 Å². The van der Waals surface area contributed by atoms with Crippen LogP contribution in [0.2, 0.25) is 0 Å². The molecule has 0 unspecified atom stereocenters. The van der Waals surface area contributed by atoms with Crippen molar-refractivity contribution in [3.8, 4) is 0 Å². The van der Waals surface area contributed by atoms with Gasteiger partial charge in [0.05, 0.1) is 0 Å². The second-order valence-corrected chi connectivity index (χ2v) is 3.33. The molecule has 0 saturated carbocycles. The summed E-state index contributed by atoms with van der Waals surface area (Å²) in [5.41, 5.74) is 2.28. The fourth-order valence-electron chi connectivity index (χ4n) is 0.915. The van der Waals surface area contributed by atoms with Gasteiger partial charge in [-0.05, 0) is 24.6 Å². The Morgan fingerprint density at radius 3 is 2.43 bits per heavy atom. The molecule has 0 fully saturated rings. The second kappa shape index (κ2) is 4.82. The molecule has 1 N–H and O–H groups in total. The minimum Gasteiger partial charge on any atom is -0.322 e. The maximum Gasteiger partial charge on any atom is 0.250 e. The zero-order valence-electron chi connectivity index (χ0n) is 8.01. The first-order valence-electron chi connectivity index (χ1n) is 4.25. The van der Waals surface area contributed by atoms with Crippen LogP contribution in [0.3, 0.4) is 0 Å². The van der Waals surface area contributed by atoms with E-state index >= 15 is 0 Å². The molecule has 0 aliphatic heterocycles. The predicted molar refractivity (Wildman–Crippen MR) is 59.4 cm³/mol. The Bertz CT molecular complexity index is 343. The molecule has 0 aliphatic carbocycles. The predicted octanol–water partition coefficient (Wildman–Crippen LogP) is 2.94. The van der Waals surface area contributed by atoms with E-state index in [0.29, 0.717) is 11.5 Å². The molecule has 2 nitrogen and oxygen atoms in total.